The van der Waals surface area contributed by atoms with Crippen LogP contribution in [0, 0.1) is 6.92 Å². The number of nitrogens with one attached hydrogen (secondary N) is 1. The van der Waals surface area contributed by atoms with Gasteiger partial charge in [0.05, 0.1) is 23.1 Å². The summed E-state index contributed by atoms with van der Waals surface area (Å²) in [5.74, 6) is 0.734. The standard InChI is InChI=1S/C17H19N5OS/c1-12-11-24-17(18-12)22-8-6-21(7-9-22)10-15-19-14-5-3-2-4-13(14)16(23)20-15/h2-5,11H,6-10H2,1H3,(H,19,20,23). The first-order valence-electron chi connectivity index (χ1n) is 8.06. The van der Waals surface area contributed by atoms with Gasteiger partial charge in [0.15, 0.2) is 5.13 Å². The molecule has 6 nitrogen and oxygen atoms in total. The van der Waals surface area contributed by atoms with E-state index in [1.54, 1.807) is 17.4 Å². The van der Waals surface area contributed by atoms with Gasteiger partial charge in [0, 0.05) is 31.6 Å². The molecule has 0 atom stereocenters. The number of aromatic nitrogens is 3. The van der Waals surface area contributed by atoms with Gasteiger partial charge in [0.2, 0.25) is 0 Å². The van der Waals surface area contributed by atoms with Crippen molar-refractivity contribution in [2.24, 2.45) is 0 Å². The quantitative estimate of drug-likeness (QED) is 0.789. The van der Waals surface area contributed by atoms with Gasteiger partial charge in [0.25, 0.3) is 5.56 Å². The number of fused-ring (bicyclic) bond motifs is 1. The Balaban J connectivity index is 1.44. The number of piperazine rings is 1. The van der Waals surface area contributed by atoms with E-state index in [2.05, 4.69) is 30.1 Å². The van der Waals surface area contributed by atoms with E-state index >= 15 is 0 Å². The van der Waals surface area contributed by atoms with Crippen LogP contribution in [-0.2, 0) is 6.54 Å². The number of hydrogen-bond donors (Lipinski definition) is 1. The molecule has 2 aromatic heterocycles. The Morgan fingerprint density at radius 2 is 1.96 bits per heavy atom. The lowest BCUT2D eigenvalue weighted by Gasteiger charge is -2.34. The second-order valence-corrected chi connectivity index (χ2v) is 6.90. The maximum absolute atomic E-state index is 12.2. The Kier molecular flexibility index (Phi) is 4.03. The SMILES string of the molecule is Cc1csc(N2CCN(Cc3nc4ccccc4c(=O)[nH]3)CC2)n1. The largest absolute Gasteiger partial charge is 0.346 e. The predicted molar refractivity (Wildman–Crippen MR) is 96.7 cm³/mol. The van der Waals surface area contributed by atoms with Gasteiger partial charge in [-0.2, -0.15) is 0 Å². The van der Waals surface area contributed by atoms with Crippen molar-refractivity contribution in [3.63, 3.8) is 0 Å². The monoisotopic (exact) mass is 341 g/mol. The molecule has 0 unspecified atom stereocenters. The number of aromatic amines is 1. The molecule has 124 valence electrons. The maximum Gasteiger partial charge on any atom is 0.258 e. The molecule has 0 amide bonds. The first-order chi connectivity index (χ1) is 11.7. The molecular weight excluding hydrogens is 322 g/mol. The molecule has 1 aromatic carbocycles. The van der Waals surface area contributed by atoms with Crippen molar-refractivity contribution in [1.29, 1.82) is 0 Å². The number of anilines is 1. The summed E-state index contributed by atoms with van der Waals surface area (Å²) in [5, 5.41) is 3.83. The second kappa shape index (κ2) is 6.33. The molecule has 1 fully saturated rings. The summed E-state index contributed by atoms with van der Waals surface area (Å²) in [7, 11) is 0. The van der Waals surface area contributed by atoms with Gasteiger partial charge in [-0.15, -0.1) is 11.3 Å². The molecule has 0 radical (unpaired) electrons. The van der Waals surface area contributed by atoms with Crippen LogP contribution in [0.3, 0.4) is 0 Å². The van der Waals surface area contributed by atoms with Gasteiger partial charge in [-0.3, -0.25) is 9.69 Å². The summed E-state index contributed by atoms with van der Waals surface area (Å²) in [5.41, 5.74) is 1.77. The molecule has 4 rings (SSSR count). The Morgan fingerprint density at radius 1 is 1.17 bits per heavy atom. The molecule has 1 aliphatic heterocycles. The second-order valence-electron chi connectivity index (χ2n) is 6.06. The van der Waals surface area contributed by atoms with Crippen LogP contribution in [0.15, 0.2) is 34.4 Å². The molecule has 1 aliphatic rings. The van der Waals surface area contributed by atoms with Crippen LogP contribution in [0.1, 0.15) is 11.5 Å². The Hall–Kier alpha value is -2.25. The third-order valence-electron chi connectivity index (χ3n) is 4.28. The van der Waals surface area contributed by atoms with Crippen LogP contribution < -0.4 is 10.5 Å². The van der Waals surface area contributed by atoms with E-state index in [1.807, 2.05) is 25.1 Å². The van der Waals surface area contributed by atoms with E-state index < -0.39 is 0 Å². The highest BCUT2D eigenvalue weighted by Crippen LogP contribution is 2.21. The van der Waals surface area contributed by atoms with Crippen LogP contribution in [-0.4, -0.2) is 46.0 Å². The fraction of sp³-hybridized carbons (Fsp3) is 0.353. The van der Waals surface area contributed by atoms with E-state index in [1.165, 1.54) is 0 Å². The summed E-state index contributed by atoms with van der Waals surface area (Å²) >= 11 is 1.70. The van der Waals surface area contributed by atoms with Crippen LogP contribution in [0.25, 0.3) is 10.9 Å². The minimum atomic E-state index is -0.0625. The van der Waals surface area contributed by atoms with E-state index in [4.69, 9.17) is 0 Å². The Morgan fingerprint density at radius 3 is 2.71 bits per heavy atom. The van der Waals surface area contributed by atoms with Gasteiger partial charge in [-0.05, 0) is 19.1 Å². The molecule has 7 heteroatoms. The van der Waals surface area contributed by atoms with Crippen LogP contribution >= 0.6 is 11.3 Å². The third kappa shape index (κ3) is 3.05. The van der Waals surface area contributed by atoms with Crippen molar-refractivity contribution in [3.05, 3.63) is 51.5 Å². The van der Waals surface area contributed by atoms with E-state index in [-0.39, 0.29) is 5.56 Å². The fourth-order valence-corrected chi connectivity index (χ4v) is 3.86. The summed E-state index contributed by atoms with van der Waals surface area (Å²) < 4.78 is 0. The molecule has 3 aromatic rings. The topological polar surface area (TPSA) is 65.1 Å². The van der Waals surface area contributed by atoms with Crippen LogP contribution in [0.5, 0.6) is 0 Å². The first-order valence-corrected chi connectivity index (χ1v) is 8.94. The third-order valence-corrected chi connectivity index (χ3v) is 5.30. The summed E-state index contributed by atoms with van der Waals surface area (Å²) in [6.07, 6.45) is 0. The van der Waals surface area contributed by atoms with Gasteiger partial charge in [-0.25, -0.2) is 9.97 Å². The van der Waals surface area contributed by atoms with Crippen molar-refractivity contribution in [1.82, 2.24) is 19.9 Å². The molecular formula is C17H19N5OS. The Bertz CT molecular complexity index is 910. The zero-order valence-corrected chi connectivity index (χ0v) is 14.3. The van der Waals surface area contributed by atoms with Crippen molar-refractivity contribution in [2.45, 2.75) is 13.5 Å². The lowest BCUT2D eigenvalue weighted by Crippen LogP contribution is -2.46. The highest BCUT2D eigenvalue weighted by Gasteiger charge is 2.20. The summed E-state index contributed by atoms with van der Waals surface area (Å²) in [6.45, 7) is 6.47. The summed E-state index contributed by atoms with van der Waals surface area (Å²) in [4.78, 5) is 28.9. The molecule has 0 bridgehead atoms. The highest BCUT2D eigenvalue weighted by molar-refractivity contribution is 7.13. The van der Waals surface area contributed by atoms with Crippen LogP contribution in [0.4, 0.5) is 5.13 Å². The lowest BCUT2D eigenvalue weighted by atomic mass is 10.2. The van der Waals surface area contributed by atoms with Crippen LogP contribution in [0.2, 0.25) is 0 Å². The Labute approximate surface area is 143 Å². The van der Waals surface area contributed by atoms with Crippen molar-refractivity contribution in [2.75, 3.05) is 31.1 Å². The average Bonchev–Trinajstić information content (AvgIpc) is 3.02. The number of hydrogen-bond acceptors (Lipinski definition) is 6. The van der Waals surface area contributed by atoms with Crippen molar-refractivity contribution < 1.29 is 0 Å². The number of rotatable bonds is 3. The van der Waals surface area contributed by atoms with Gasteiger partial charge < -0.3 is 9.88 Å². The zero-order chi connectivity index (χ0) is 16.5. The van der Waals surface area contributed by atoms with E-state index in [0.717, 1.165) is 48.3 Å². The highest BCUT2D eigenvalue weighted by atomic mass is 32.1. The minimum absolute atomic E-state index is 0.0625. The van der Waals surface area contributed by atoms with Crippen molar-refractivity contribution >= 4 is 27.4 Å². The summed E-state index contributed by atoms with van der Waals surface area (Å²) in [6, 6.07) is 7.46. The minimum Gasteiger partial charge on any atom is -0.346 e. The molecule has 1 saturated heterocycles. The number of benzene rings is 1. The maximum atomic E-state index is 12.2. The normalized spacial score (nSPS) is 16.0. The number of aryl methyl sites for hydroxylation is 1. The fourth-order valence-electron chi connectivity index (χ4n) is 3.01. The molecule has 0 aliphatic carbocycles. The van der Waals surface area contributed by atoms with Gasteiger partial charge >= 0.3 is 0 Å². The van der Waals surface area contributed by atoms with Gasteiger partial charge in [0.1, 0.15) is 5.82 Å². The van der Waals surface area contributed by atoms with E-state index in [0.29, 0.717) is 11.9 Å². The first kappa shape index (κ1) is 15.3. The molecule has 24 heavy (non-hydrogen) atoms. The number of nitrogens with zero attached hydrogens (tertiary/aromatic N) is 4. The van der Waals surface area contributed by atoms with Gasteiger partial charge in [-0.1, -0.05) is 12.1 Å². The van der Waals surface area contributed by atoms with Crippen molar-refractivity contribution in [3.8, 4) is 0 Å². The van der Waals surface area contributed by atoms with E-state index in [9.17, 15) is 4.79 Å². The number of thiazole rings is 1. The molecule has 1 N–H and O–H groups in total. The average molecular weight is 341 g/mol. The lowest BCUT2D eigenvalue weighted by molar-refractivity contribution is 0.244. The number of H-pyrrole nitrogens is 1. The smallest absolute Gasteiger partial charge is 0.258 e. The molecule has 0 spiro atoms. The number of para-hydroxylation sites is 1. The zero-order valence-electron chi connectivity index (χ0n) is 13.5. The molecule has 3 heterocycles. The predicted octanol–water partition coefficient (Wildman–Crippen LogP) is 2.01. The molecule has 0 saturated carbocycles.